The van der Waals surface area contributed by atoms with E-state index in [0.717, 1.165) is 24.2 Å². The molecule has 0 bridgehead atoms. The van der Waals surface area contributed by atoms with Crippen LogP contribution >= 0.6 is 0 Å². The molecule has 1 aliphatic rings. The average Bonchev–Trinajstić information content (AvgIpc) is 3.00. The molecule has 0 radical (unpaired) electrons. The molecule has 0 spiro atoms. The summed E-state index contributed by atoms with van der Waals surface area (Å²) in [4.78, 5) is 18.2. The summed E-state index contributed by atoms with van der Waals surface area (Å²) >= 11 is 0. The average molecular weight is 288 g/mol. The smallest absolute Gasteiger partial charge is 0.309 e. The first-order chi connectivity index (χ1) is 10.3. The molecule has 21 heavy (non-hydrogen) atoms. The first kappa shape index (κ1) is 15.7. The van der Waals surface area contributed by atoms with E-state index in [2.05, 4.69) is 16.0 Å². The number of likely N-dealkylation sites (tertiary alicyclic amines) is 1. The third-order valence-corrected chi connectivity index (χ3v) is 3.63. The predicted octanol–water partition coefficient (Wildman–Crippen LogP) is 2.69. The molecular formula is C17H24N2O2. The van der Waals surface area contributed by atoms with Crippen LogP contribution in [0, 0.1) is 0 Å². The molecule has 1 fully saturated rings. The highest BCUT2D eigenvalue weighted by atomic mass is 16.5. The van der Waals surface area contributed by atoms with Crippen molar-refractivity contribution in [2.24, 2.45) is 0 Å². The number of carbonyl (C=O) groups excluding carboxylic acids is 1. The molecule has 1 saturated heterocycles. The summed E-state index contributed by atoms with van der Waals surface area (Å²) in [5.74, 6) is -0.191. The number of pyridine rings is 1. The molecule has 1 aromatic heterocycles. The summed E-state index contributed by atoms with van der Waals surface area (Å²) in [6, 6.07) is 4.12. The van der Waals surface area contributed by atoms with Gasteiger partial charge in [-0.1, -0.05) is 18.2 Å². The fraction of sp³-hybridized carbons (Fsp3) is 0.529. The molecule has 4 heteroatoms. The third kappa shape index (κ3) is 5.68. The van der Waals surface area contributed by atoms with Crippen LogP contribution < -0.4 is 0 Å². The Morgan fingerprint density at radius 1 is 1.38 bits per heavy atom. The maximum Gasteiger partial charge on any atom is 0.309 e. The van der Waals surface area contributed by atoms with Crippen LogP contribution in [0.2, 0.25) is 0 Å². The summed E-state index contributed by atoms with van der Waals surface area (Å²) in [5.41, 5.74) is 2.15. The van der Waals surface area contributed by atoms with Crippen LogP contribution in [0.4, 0.5) is 0 Å². The van der Waals surface area contributed by atoms with Crippen molar-refractivity contribution in [3.63, 3.8) is 0 Å². The molecule has 2 rings (SSSR count). The van der Waals surface area contributed by atoms with E-state index < -0.39 is 0 Å². The SMILES string of the molecule is CCOC(=O)CC=Cc1ccc(CCN2CCCC2)nc1. The Balaban J connectivity index is 1.75. The van der Waals surface area contributed by atoms with E-state index in [9.17, 15) is 4.79 Å². The molecule has 1 aliphatic heterocycles. The van der Waals surface area contributed by atoms with Crippen LogP contribution in [0.15, 0.2) is 24.4 Å². The lowest BCUT2D eigenvalue weighted by molar-refractivity contribution is -0.142. The lowest BCUT2D eigenvalue weighted by Crippen LogP contribution is -2.22. The van der Waals surface area contributed by atoms with Gasteiger partial charge in [0.05, 0.1) is 13.0 Å². The van der Waals surface area contributed by atoms with Crippen molar-refractivity contribution < 1.29 is 9.53 Å². The standard InChI is InChI=1S/C17H24N2O2/c1-2-21-17(20)7-5-6-15-8-9-16(18-14-15)10-13-19-11-3-4-12-19/h5-6,8-9,14H,2-4,7,10-13H2,1H3. The first-order valence-electron chi connectivity index (χ1n) is 7.77. The van der Waals surface area contributed by atoms with Crippen molar-refractivity contribution in [2.75, 3.05) is 26.2 Å². The molecule has 0 amide bonds. The van der Waals surface area contributed by atoms with E-state index in [1.165, 1.54) is 25.9 Å². The summed E-state index contributed by atoms with van der Waals surface area (Å²) in [7, 11) is 0. The minimum absolute atomic E-state index is 0.191. The molecule has 114 valence electrons. The summed E-state index contributed by atoms with van der Waals surface area (Å²) < 4.78 is 4.87. The van der Waals surface area contributed by atoms with Gasteiger partial charge in [0.1, 0.15) is 0 Å². The summed E-state index contributed by atoms with van der Waals surface area (Å²) in [6.07, 6.45) is 9.57. The zero-order valence-electron chi connectivity index (χ0n) is 12.8. The van der Waals surface area contributed by atoms with Crippen molar-refractivity contribution in [2.45, 2.75) is 32.6 Å². The number of carbonyl (C=O) groups is 1. The second kappa shape index (κ2) is 8.57. The second-order valence-electron chi connectivity index (χ2n) is 5.29. The van der Waals surface area contributed by atoms with E-state index in [-0.39, 0.29) is 5.97 Å². The summed E-state index contributed by atoms with van der Waals surface area (Å²) in [5, 5.41) is 0. The van der Waals surface area contributed by atoms with E-state index in [4.69, 9.17) is 4.74 Å². The fourth-order valence-electron chi connectivity index (χ4n) is 2.47. The minimum Gasteiger partial charge on any atom is -0.466 e. The van der Waals surface area contributed by atoms with Gasteiger partial charge in [0.15, 0.2) is 0 Å². The number of nitrogens with zero attached hydrogens (tertiary/aromatic N) is 2. The second-order valence-corrected chi connectivity index (χ2v) is 5.29. The number of rotatable bonds is 7. The maximum absolute atomic E-state index is 11.2. The Labute approximate surface area is 126 Å². The highest BCUT2D eigenvalue weighted by Crippen LogP contribution is 2.09. The zero-order valence-corrected chi connectivity index (χ0v) is 12.8. The van der Waals surface area contributed by atoms with Gasteiger partial charge in [-0.25, -0.2) is 0 Å². The Hall–Kier alpha value is -1.68. The Morgan fingerprint density at radius 2 is 2.19 bits per heavy atom. The van der Waals surface area contributed by atoms with Crippen LogP contribution in [0.25, 0.3) is 6.08 Å². The highest BCUT2D eigenvalue weighted by molar-refractivity contribution is 5.72. The van der Waals surface area contributed by atoms with Gasteiger partial charge in [0, 0.05) is 24.9 Å². The van der Waals surface area contributed by atoms with Crippen molar-refractivity contribution in [3.05, 3.63) is 35.7 Å². The van der Waals surface area contributed by atoms with Crippen LogP contribution in [-0.4, -0.2) is 42.1 Å². The van der Waals surface area contributed by atoms with Gasteiger partial charge >= 0.3 is 5.97 Å². The molecule has 0 atom stereocenters. The molecular weight excluding hydrogens is 264 g/mol. The summed E-state index contributed by atoms with van der Waals surface area (Å²) in [6.45, 7) is 5.81. The number of aromatic nitrogens is 1. The fourth-order valence-corrected chi connectivity index (χ4v) is 2.47. The largest absolute Gasteiger partial charge is 0.466 e. The number of esters is 1. The maximum atomic E-state index is 11.2. The number of hydrogen-bond donors (Lipinski definition) is 0. The van der Waals surface area contributed by atoms with E-state index in [1.54, 1.807) is 0 Å². The molecule has 0 N–H and O–H groups in total. The van der Waals surface area contributed by atoms with E-state index in [0.29, 0.717) is 13.0 Å². The van der Waals surface area contributed by atoms with Gasteiger partial charge in [0.2, 0.25) is 0 Å². The lowest BCUT2D eigenvalue weighted by Gasteiger charge is -2.13. The molecule has 0 aromatic carbocycles. The van der Waals surface area contributed by atoms with Crippen LogP contribution in [0.3, 0.4) is 0 Å². The molecule has 4 nitrogen and oxygen atoms in total. The molecule has 2 heterocycles. The van der Waals surface area contributed by atoms with Gasteiger partial charge in [0.25, 0.3) is 0 Å². The van der Waals surface area contributed by atoms with Crippen LogP contribution in [0.5, 0.6) is 0 Å². The van der Waals surface area contributed by atoms with E-state index >= 15 is 0 Å². The molecule has 0 unspecified atom stereocenters. The molecule has 0 aliphatic carbocycles. The quantitative estimate of drug-likeness (QED) is 0.723. The number of ether oxygens (including phenoxy) is 1. The Bertz CT molecular complexity index is 462. The van der Waals surface area contributed by atoms with Crippen LogP contribution in [0.1, 0.15) is 37.4 Å². The van der Waals surface area contributed by atoms with Crippen molar-refractivity contribution in [1.29, 1.82) is 0 Å². The Morgan fingerprint density at radius 3 is 2.86 bits per heavy atom. The van der Waals surface area contributed by atoms with E-state index in [1.807, 2.05) is 31.3 Å². The van der Waals surface area contributed by atoms with Gasteiger partial charge in [-0.15, -0.1) is 0 Å². The van der Waals surface area contributed by atoms with Gasteiger partial charge in [-0.05, 0) is 44.5 Å². The molecule has 1 aromatic rings. The van der Waals surface area contributed by atoms with Crippen molar-refractivity contribution >= 4 is 12.0 Å². The van der Waals surface area contributed by atoms with Gasteiger partial charge in [-0.2, -0.15) is 0 Å². The highest BCUT2D eigenvalue weighted by Gasteiger charge is 2.10. The van der Waals surface area contributed by atoms with Crippen molar-refractivity contribution in [3.8, 4) is 0 Å². The molecule has 0 saturated carbocycles. The van der Waals surface area contributed by atoms with Crippen molar-refractivity contribution in [1.82, 2.24) is 9.88 Å². The lowest BCUT2D eigenvalue weighted by atomic mass is 10.2. The monoisotopic (exact) mass is 288 g/mol. The first-order valence-corrected chi connectivity index (χ1v) is 7.77. The minimum atomic E-state index is -0.191. The zero-order chi connectivity index (χ0) is 14.9. The third-order valence-electron chi connectivity index (χ3n) is 3.63. The normalized spacial score (nSPS) is 15.7. The van der Waals surface area contributed by atoms with Gasteiger partial charge < -0.3 is 9.64 Å². The van der Waals surface area contributed by atoms with Crippen LogP contribution in [-0.2, 0) is 16.0 Å². The Kier molecular flexibility index (Phi) is 6.41. The number of hydrogen-bond acceptors (Lipinski definition) is 4. The van der Waals surface area contributed by atoms with Gasteiger partial charge in [-0.3, -0.25) is 9.78 Å². The topological polar surface area (TPSA) is 42.4 Å². The predicted molar refractivity (Wildman–Crippen MR) is 83.9 cm³/mol.